The second-order valence-electron chi connectivity index (χ2n) is 8.44. The van der Waals surface area contributed by atoms with Crippen LogP contribution in [0.3, 0.4) is 0 Å². The predicted octanol–water partition coefficient (Wildman–Crippen LogP) is 3.14. The molecule has 26 heavy (non-hydrogen) atoms. The number of anilines is 1. The van der Waals surface area contributed by atoms with Crippen LogP contribution in [0.4, 0.5) is 5.69 Å². The molecule has 4 heteroatoms. The number of hydrogen-bond donors (Lipinski definition) is 1. The third kappa shape index (κ3) is 4.22. The van der Waals surface area contributed by atoms with Gasteiger partial charge in [0.2, 0.25) is 5.91 Å². The first kappa shape index (κ1) is 17.8. The van der Waals surface area contributed by atoms with Crippen LogP contribution in [0.2, 0.25) is 0 Å². The Labute approximate surface area is 157 Å². The highest BCUT2D eigenvalue weighted by atomic mass is 16.1. The van der Waals surface area contributed by atoms with E-state index in [4.69, 9.17) is 0 Å². The summed E-state index contributed by atoms with van der Waals surface area (Å²) in [6.07, 6.45) is 7.41. The normalized spacial score (nSPS) is 28.5. The number of fused-ring (bicyclic) bond motifs is 2. The number of para-hydroxylation sites is 1. The minimum atomic E-state index is 0.333. The Bertz CT molecular complexity index is 582. The van der Waals surface area contributed by atoms with Crippen LogP contribution in [-0.4, -0.2) is 50.1 Å². The molecule has 0 radical (unpaired) electrons. The van der Waals surface area contributed by atoms with Gasteiger partial charge in [0.05, 0.1) is 0 Å². The smallest absolute Gasteiger partial charge is 0.223 e. The van der Waals surface area contributed by atoms with E-state index >= 15 is 0 Å². The molecule has 4 nitrogen and oxygen atoms in total. The number of piperazine rings is 1. The van der Waals surface area contributed by atoms with Crippen LogP contribution in [0.25, 0.3) is 0 Å². The molecule has 4 rings (SSSR count). The van der Waals surface area contributed by atoms with Gasteiger partial charge >= 0.3 is 0 Å². The first-order valence-corrected chi connectivity index (χ1v) is 10.6. The number of carbonyl (C=O) groups excluding carboxylic acids is 1. The molecule has 3 unspecified atom stereocenters. The summed E-state index contributed by atoms with van der Waals surface area (Å²) in [5.74, 6) is 2.22. The van der Waals surface area contributed by atoms with Gasteiger partial charge in [0.25, 0.3) is 0 Å². The Morgan fingerprint density at radius 1 is 1.00 bits per heavy atom. The first-order valence-electron chi connectivity index (χ1n) is 10.6. The van der Waals surface area contributed by atoms with Crippen molar-refractivity contribution in [2.45, 2.75) is 38.5 Å². The molecule has 1 aromatic rings. The van der Waals surface area contributed by atoms with Crippen molar-refractivity contribution < 1.29 is 4.79 Å². The monoisotopic (exact) mass is 355 g/mol. The maximum atomic E-state index is 12.3. The number of nitrogens with one attached hydrogen (secondary N) is 1. The molecular weight excluding hydrogens is 322 g/mol. The minimum absolute atomic E-state index is 0.333. The Morgan fingerprint density at radius 3 is 2.50 bits per heavy atom. The van der Waals surface area contributed by atoms with Gasteiger partial charge in [-0.25, -0.2) is 0 Å². The number of unbranched alkanes of at least 4 members (excludes halogenated alkanes) is 1. The van der Waals surface area contributed by atoms with Crippen LogP contribution < -0.4 is 10.2 Å². The summed E-state index contributed by atoms with van der Waals surface area (Å²) in [6.45, 7) is 6.54. The Hall–Kier alpha value is -1.55. The number of nitrogens with zero attached hydrogens (tertiary/aromatic N) is 2. The van der Waals surface area contributed by atoms with Gasteiger partial charge in [0.1, 0.15) is 0 Å². The molecule has 1 aliphatic heterocycles. The maximum absolute atomic E-state index is 12.3. The molecule has 3 aliphatic rings. The second-order valence-corrected chi connectivity index (χ2v) is 8.44. The van der Waals surface area contributed by atoms with Crippen LogP contribution in [0.1, 0.15) is 38.5 Å². The molecule has 2 aliphatic carbocycles. The van der Waals surface area contributed by atoms with Gasteiger partial charge < -0.3 is 10.2 Å². The summed E-state index contributed by atoms with van der Waals surface area (Å²) >= 11 is 0. The van der Waals surface area contributed by atoms with Gasteiger partial charge in [0.15, 0.2) is 0 Å². The predicted molar refractivity (Wildman–Crippen MR) is 106 cm³/mol. The zero-order valence-corrected chi connectivity index (χ0v) is 15.9. The summed E-state index contributed by atoms with van der Waals surface area (Å²) in [6, 6.07) is 10.7. The van der Waals surface area contributed by atoms with E-state index in [1.165, 1.54) is 31.4 Å². The zero-order valence-electron chi connectivity index (χ0n) is 15.9. The van der Waals surface area contributed by atoms with E-state index in [2.05, 4.69) is 45.4 Å². The number of benzene rings is 1. The average molecular weight is 356 g/mol. The molecule has 0 spiro atoms. The van der Waals surface area contributed by atoms with Gasteiger partial charge in [0, 0.05) is 44.3 Å². The highest BCUT2D eigenvalue weighted by molar-refractivity contribution is 5.79. The van der Waals surface area contributed by atoms with Crippen molar-refractivity contribution in [3.05, 3.63) is 30.3 Å². The van der Waals surface area contributed by atoms with Crippen molar-refractivity contribution in [3.8, 4) is 0 Å². The molecule has 1 aromatic carbocycles. The third-order valence-corrected chi connectivity index (χ3v) is 6.77. The number of rotatable bonds is 7. The Balaban J connectivity index is 1.08. The quantitative estimate of drug-likeness (QED) is 0.763. The van der Waals surface area contributed by atoms with E-state index in [1.54, 1.807) is 0 Å². The summed E-state index contributed by atoms with van der Waals surface area (Å²) < 4.78 is 0. The molecule has 3 atom stereocenters. The maximum Gasteiger partial charge on any atom is 0.223 e. The van der Waals surface area contributed by atoms with E-state index in [0.29, 0.717) is 17.7 Å². The molecule has 142 valence electrons. The van der Waals surface area contributed by atoms with Crippen molar-refractivity contribution in [1.82, 2.24) is 10.2 Å². The van der Waals surface area contributed by atoms with Crippen molar-refractivity contribution >= 4 is 11.6 Å². The van der Waals surface area contributed by atoms with Crippen LogP contribution >= 0.6 is 0 Å². The van der Waals surface area contributed by atoms with Crippen LogP contribution in [0, 0.1) is 17.8 Å². The van der Waals surface area contributed by atoms with E-state index < -0.39 is 0 Å². The number of hydrogen-bond acceptors (Lipinski definition) is 3. The van der Waals surface area contributed by atoms with Crippen molar-refractivity contribution in [1.29, 1.82) is 0 Å². The largest absolute Gasteiger partial charge is 0.369 e. The number of carbonyl (C=O) groups is 1. The van der Waals surface area contributed by atoms with E-state index in [0.717, 1.165) is 58.0 Å². The third-order valence-electron chi connectivity index (χ3n) is 6.77. The first-order chi connectivity index (χ1) is 12.8. The Kier molecular flexibility index (Phi) is 5.78. The fourth-order valence-corrected chi connectivity index (χ4v) is 5.24. The average Bonchev–Trinajstić information content (AvgIpc) is 3.32. The van der Waals surface area contributed by atoms with Crippen molar-refractivity contribution in [2.24, 2.45) is 17.8 Å². The molecule has 1 heterocycles. The Morgan fingerprint density at radius 2 is 1.81 bits per heavy atom. The second kappa shape index (κ2) is 8.43. The van der Waals surface area contributed by atoms with Crippen LogP contribution in [0.5, 0.6) is 0 Å². The molecule has 1 saturated heterocycles. The molecule has 2 saturated carbocycles. The fourth-order valence-electron chi connectivity index (χ4n) is 5.24. The van der Waals surface area contributed by atoms with Crippen molar-refractivity contribution in [3.63, 3.8) is 0 Å². The van der Waals surface area contributed by atoms with E-state index in [1.807, 2.05) is 0 Å². The highest BCUT2D eigenvalue weighted by Crippen LogP contribution is 2.48. The number of amides is 1. The molecular formula is C22H33N3O. The van der Waals surface area contributed by atoms with Crippen LogP contribution in [0.15, 0.2) is 30.3 Å². The lowest BCUT2D eigenvalue weighted by molar-refractivity contribution is -0.126. The molecule has 1 N–H and O–H groups in total. The highest BCUT2D eigenvalue weighted by Gasteiger charge is 2.42. The zero-order chi connectivity index (χ0) is 17.8. The summed E-state index contributed by atoms with van der Waals surface area (Å²) in [5, 5.41) is 3.21. The van der Waals surface area contributed by atoms with Gasteiger partial charge in [-0.05, 0) is 62.6 Å². The van der Waals surface area contributed by atoms with E-state index in [-0.39, 0.29) is 0 Å². The van der Waals surface area contributed by atoms with Gasteiger partial charge in [-0.3, -0.25) is 9.69 Å². The van der Waals surface area contributed by atoms with Gasteiger partial charge in [-0.2, -0.15) is 0 Å². The standard InChI is InChI=1S/C22H33N3O/c26-22(21-17-18-8-9-19(21)16-18)23-10-4-5-11-24-12-14-25(15-13-24)20-6-2-1-3-7-20/h1-3,6-7,18-19,21H,4-5,8-17H2,(H,23,26). The SMILES string of the molecule is O=C(NCCCCN1CCN(c2ccccc2)CC1)C1CC2CCC1C2. The fraction of sp³-hybridized carbons (Fsp3) is 0.682. The van der Waals surface area contributed by atoms with Gasteiger partial charge in [-0.1, -0.05) is 24.6 Å². The topological polar surface area (TPSA) is 35.6 Å². The molecule has 0 aromatic heterocycles. The lowest BCUT2D eigenvalue weighted by Crippen LogP contribution is -2.46. The van der Waals surface area contributed by atoms with Crippen LogP contribution in [-0.2, 0) is 4.79 Å². The van der Waals surface area contributed by atoms with Gasteiger partial charge in [-0.15, -0.1) is 0 Å². The molecule has 2 bridgehead atoms. The molecule has 1 amide bonds. The van der Waals surface area contributed by atoms with E-state index in [9.17, 15) is 4.79 Å². The summed E-state index contributed by atoms with van der Waals surface area (Å²) in [5.41, 5.74) is 1.34. The lowest BCUT2D eigenvalue weighted by Gasteiger charge is -2.36. The summed E-state index contributed by atoms with van der Waals surface area (Å²) in [7, 11) is 0. The van der Waals surface area contributed by atoms with Crippen molar-refractivity contribution in [2.75, 3.05) is 44.2 Å². The summed E-state index contributed by atoms with van der Waals surface area (Å²) in [4.78, 5) is 17.4. The minimum Gasteiger partial charge on any atom is -0.369 e. The molecule has 3 fully saturated rings. The lowest BCUT2D eigenvalue weighted by atomic mass is 9.88.